The monoisotopic (exact) mass is 222 g/mol. The van der Waals surface area contributed by atoms with Crippen LogP contribution in [-0.2, 0) is 4.74 Å². The molecule has 16 heavy (non-hydrogen) atoms. The third kappa shape index (κ3) is 2.23. The molecule has 0 radical (unpaired) electrons. The van der Waals surface area contributed by atoms with Gasteiger partial charge in [-0.1, -0.05) is 0 Å². The lowest BCUT2D eigenvalue weighted by molar-refractivity contribution is -0.00431. The number of piperidine rings is 1. The summed E-state index contributed by atoms with van der Waals surface area (Å²) in [6.45, 7) is 7.45. The summed E-state index contributed by atoms with van der Waals surface area (Å²) in [5.41, 5.74) is 0.0128. The van der Waals surface area contributed by atoms with Crippen LogP contribution in [0.25, 0.3) is 0 Å². The van der Waals surface area contributed by atoms with Gasteiger partial charge < -0.3 is 4.74 Å². The molecule has 3 nitrogen and oxygen atoms in total. The van der Waals surface area contributed by atoms with Crippen LogP contribution in [0.5, 0.6) is 0 Å². The second-order valence-corrected chi connectivity index (χ2v) is 5.56. The van der Waals surface area contributed by atoms with Gasteiger partial charge in [0.1, 0.15) is 0 Å². The number of likely N-dealkylation sites (tertiary alicyclic amines) is 1. The van der Waals surface area contributed by atoms with Crippen molar-refractivity contribution in [2.75, 3.05) is 19.7 Å². The molecule has 3 heteroatoms. The number of nitriles is 1. The van der Waals surface area contributed by atoms with Gasteiger partial charge in [0.2, 0.25) is 0 Å². The minimum absolute atomic E-state index is 0.0128. The second-order valence-electron chi connectivity index (χ2n) is 5.56. The van der Waals surface area contributed by atoms with E-state index in [1.807, 2.05) is 0 Å². The molecule has 0 aromatic carbocycles. The maximum Gasteiger partial charge on any atom is 0.0703 e. The summed E-state index contributed by atoms with van der Waals surface area (Å²) >= 11 is 0. The molecule has 2 saturated heterocycles. The number of hydrogen-bond acceptors (Lipinski definition) is 3. The molecular weight excluding hydrogens is 200 g/mol. The fraction of sp³-hybridized carbons (Fsp3) is 0.923. The number of ether oxygens (including phenoxy) is 1. The van der Waals surface area contributed by atoms with Crippen LogP contribution in [0.2, 0.25) is 0 Å². The molecule has 2 rings (SSSR count). The van der Waals surface area contributed by atoms with Gasteiger partial charge in [0.05, 0.1) is 18.1 Å². The summed E-state index contributed by atoms with van der Waals surface area (Å²) in [6.07, 6.45) is 4.97. The highest BCUT2D eigenvalue weighted by Crippen LogP contribution is 2.33. The molecule has 0 N–H and O–H groups in total. The standard InChI is InChI=1S/C13H22N2O/c1-13(2)11(9-14)5-3-7-15(13)10-12-6-4-8-16-12/h11-12H,3-8,10H2,1-2H3. The number of nitrogens with zero attached hydrogens (tertiary/aromatic N) is 2. The molecule has 90 valence electrons. The first kappa shape index (κ1) is 11.9. The number of hydrogen-bond donors (Lipinski definition) is 0. The molecule has 0 amide bonds. The van der Waals surface area contributed by atoms with Crippen LogP contribution in [0.3, 0.4) is 0 Å². The quantitative estimate of drug-likeness (QED) is 0.718. The Balaban J connectivity index is 1.99. The smallest absolute Gasteiger partial charge is 0.0703 e. The summed E-state index contributed by atoms with van der Waals surface area (Å²) in [7, 11) is 0. The Labute approximate surface area is 98.4 Å². The van der Waals surface area contributed by atoms with Gasteiger partial charge in [-0.3, -0.25) is 4.90 Å². The molecule has 0 saturated carbocycles. The molecule has 2 atom stereocenters. The second kappa shape index (κ2) is 4.73. The third-order valence-electron chi connectivity index (χ3n) is 4.19. The highest BCUT2D eigenvalue weighted by Gasteiger charge is 2.39. The molecule has 0 spiro atoms. The predicted molar refractivity (Wildman–Crippen MR) is 63.0 cm³/mol. The molecule has 2 aliphatic rings. The minimum atomic E-state index is 0.0128. The van der Waals surface area contributed by atoms with Gasteiger partial charge in [0.15, 0.2) is 0 Å². The average molecular weight is 222 g/mol. The first-order chi connectivity index (χ1) is 7.64. The fourth-order valence-electron chi connectivity index (χ4n) is 2.93. The fourth-order valence-corrected chi connectivity index (χ4v) is 2.93. The van der Waals surface area contributed by atoms with Gasteiger partial charge in [-0.25, -0.2) is 0 Å². The van der Waals surface area contributed by atoms with E-state index in [0.717, 1.165) is 32.5 Å². The van der Waals surface area contributed by atoms with Crippen molar-refractivity contribution in [1.29, 1.82) is 5.26 Å². The Morgan fingerprint density at radius 1 is 1.38 bits per heavy atom. The average Bonchev–Trinajstić information content (AvgIpc) is 2.73. The lowest BCUT2D eigenvalue weighted by Gasteiger charge is -2.46. The largest absolute Gasteiger partial charge is 0.377 e. The van der Waals surface area contributed by atoms with Gasteiger partial charge >= 0.3 is 0 Å². The summed E-state index contributed by atoms with van der Waals surface area (Å²) in [5.74, 6) is 0.169. The van der Waals surface area contributed by atoms with Crippen molar-refractivity contribution in [3.63, 3.8) is 0 Å². The van der Waals surface area contributed by atoms with Crippen molar-refractivity contribution in [2.24, 2.45) is 5.92 Å². The molecule has 2 fully saturated rings. The van der Waals surface area contributed by atoms with Crippen LogP contribution in [0, 0.1) is 17.2 Å². The zero-order valence-corrected chi connectivity index (χ0v) is 10.4. The first-order valence-electron chi connectivity index (χ1n) is 6.41. The van der Waals surface area contributed by atoms with Crippen molar-refractivity contribution in [1.82, 2.24) is 4.90 Å². The molecule has 2 heterocycles. The normalized spacial score (nSPS) is 34.8. The summed E-state index contributed by atoms with van der Waals surface area (Å²) in [5, 5.41) is 9.20. The lowest BCUT2D eigenvalue weighted by atomic mass is 9.80. The van der Waals surface area contributed by atoms with E-state index in [1.165, 1.54) is 12.8 Å². The SMILES string of the molecule is CC1(C)C(C#N)CCCN1CC1CCCO1. The molecule has 0 aliphatic carbocycles. The van der Waals surface area contributed by atoms with Crippen molar-refractivity contribution >= 4 is 0 Å². The van der Waals surface area contributed by atoms with Crippen LogP contribution < -0.4 is 0 Å². The van der Waals surface area contributed by atoms with Crippen LogP contribution in [0.15, 0.2) is 0 Å². The van der Waals surface area contributed by atoms with E-state index in [9.17, 15) is 5.26 Å². The Bertz CT molecular complexity index is 276. The van der Waals surface area contributed by atoms with Crippen LogP contribution in [0.4, 0.5) is 0 Å². The zero-order valence-electron chi connectivity index (χ0n) is 10.4. The summed E-state index contributed by atoms with van der Waals surface area (Å²) < 4.78 is 5.69. The molecule has 2 unspecified atom stereocenters. The predicted octanol–water partition coefficient (Wildman–Crippen LogP) is 2.18. The van der Waals surface area contributed by atoms with E-state index >= 15 is 0 Å². The maximum atomic E-state index is 9.20. The van der Waals surface area contributed by atoms with E-state index in [2.05, 4.69) is 24.8 Å². The Morgan fingerprint density at radius 3 is 2.81 bits per heavy atom. The van der Waals surface area contributed by atoms with Gasteiger partial charge in [-0.05, 0) is 46.1 Å². The topological polar surface area (TPSA) is 36.3 Å². The van der Waals surface area contributed by atoms with E-state index in [1.54, 1.807) is 0 Å². The Morgan fingerprint density at radius 2 is 2.19 bits per heavy atom. The highest BCUT2D eigenvalue weighted by molar-refractivity contribution is 5.03. The van der Waals surface area contributed by atoms with Gasteiger partial charge in [0, 0.05) is 18.7 Å². The molecule has 0 aromatic rings. The van der Waals surface area contributed by atoms with Gasteiger partial charge in [-0.2, -0.15) is 5.26 Å². The minimum Gasteiger partial charge on any atom is -0.377 e. The summed E-state index contributed by atoms with van der Waals surface area (Å²) in [6, 6.07) is 2.47. The van der Waals surface area contributed by atoms with Crippen molar-refractivity contribution in [3.05, 3.63) is 0 Å². The van der Waals surface area contributed by atoms with E-state index in [0.29, 0.717) is 6.10 Å². The van der Waals surface area contributed by atoms with Crippen molar-refractivity contribution in [2.45, 2.75) is 51.2 Å². The van der Waals surface area contributed by atoms with Gasteiger partial charge in [-0.15, -0.1) is 0 Å². The van der Waals surface area contributed by atoms with Gasteiger partial charge in [0.25, 0.3) is 0 Å². The molecule has 0 bridgehead atoms. The van der Waals surface area contributed by atoms with Crippen LogP contribution in [-0.4, -0.2) is 36.2 Å². The van der Waals surface area contributed by atoms with Crippen molar-refractivity contribution in [3.8, 4) is 6.07 Å². The highest BCUT2D eigenvalue weighted by atomic mass is 16.5. The number of rotatable bonds is 2. The first-order valence-corrected chi connectivity index (χ1v) is 6.41. The molecular formula is C13H22N2O. The molecule has 2 aliphatic heterocycles. The van der Waals surface area contributed by atoms with Crippen LogP contribution >= 0.6 is 0 Å². The van der Waals surface area contributed by atoms with Crippen LogP contribution in [0.1, 0.15) is 39.5 Å². The molecule has 0 aromatic heterocycles. The third-order valence-corrected chi connectivity index (χ3v) is 4.19. The summed E-state index contributed by atoms with van der Waals surface area (Å²) in [4.78, 5) is 2.46. The Hall–Kier alpha value is -0.590. The van der Waals surface area contributed by atoms with E-state index in [-0.39, 0.29) is 11.5 Å². The van der Waals surface area contributed by atoms with Crippen molar-refractivity contribution < 1.29 is 4.74 Å². The van der Waals surface area contributed by atoms with E-state index < -0.39 is 0 Å². The maximum absolute atomic E-state index is 9.20. The Kier molecular flexibility index (Phi) is 3.51. The van der Waals surface area contributed by atoms with E-state index in [4.69, 9.17) is 4.74 Å². The lowest BCUT2D eigenvalue weighted by Crippen LogP contribution is -2.54. The zero-order chi connectivity index (χ0) is 11.6.